The molecule has 0 spiro atoms. The largest absolute Gasteiger partial charge is 0.474 e. The molecule has 0 saturated heterocycles. The molecule has 0 saturated carbocycles. The molecular weight excluding hydrogens is 328 g/mol. The maximum atomic E-state index is 12.5. The van der Waals surface area contributed by atoms with Gasteiger partial charge >= 0.3 is 0 Å². The van der Waals surface area contributed by atoms with Crippen LogP contribution in [-0.4, -0.2) is 25.9 Å². The summed E-state index contributed by atoms with van der Waals surface area (Å²) in [4.78, 5) is 20.9. The van der Waals surface area contributed by atoms with Crippen molar-refractivity contribution < 1.29 is 9.53 Å². The standard InChI is InChI=1S/C17H15ClN4O2/c1-2-3-14(23)16(17-20-8-9-21-22-17)24-15-6-7-19-13-10-11(18)4-5-12(13)15/h4-10,16H,2-3H2,1H3. The summed E-state index contributed by atoms with van der Waals surface area (Å²) in [6.45, 7) is 1.93. The van der Waals surface area contributed by atoms with E-state index in [1.807, 2.05) is 13.0 Å². The molecule has 24 heavy (non-hydrogen) atoms. The fourth-order valence-corrected chi connectivity index (χ4v) is 2.51. The molecule has 1 unspecified atom stereocenters. The summed E-state index contributed by atoms with van der Waals surface area (Å²) in [6.07, 6.45) is 4.74. The van der Waals surface area contributed by atoms with Crippen molar-refractivity contribution in [3.8, 4) is 5.75 Å². The van der Waals surface area contributed by atoms with Crippen LogP contribution in [0.5, 0.6) is 5.75 Å². The van der Waals surface area contributed by atoms with Gasteiger partial charge in [-0.05, 0) is 30.7 Å². The molecule has 7 heteroatoms. The third-order valence-corrected chi connectivity index (χ3v) is 3.67. The Labute approximate surface area is 143 Å². The van der Waals surface area contributed by atoms with E-state index >= 15 is 0 Å². The van der Waals surface area contributed by atoms with Crippen molar-refractivity contribution in [1.29, 1.82) is 0 Å². The number of ketones is 1. The highest BCUT2D eigenvalue weighted by molar-refractivity contribution is 6.31. The molecule has 0 fully saturated rings. The fourth-order valence-electron chi connectivity index (χ4n) is 2.34. The van der Waals surface area contributed by atoms with Gasteiger partial charge in [-0.2, -0.15) is 5.10 Å². The summed E-state index contributed by atoms with van der Waals surface area (Å²) >= 11 is 6.00. The first-order valence-electron chi connectivity index (χ1n) is 7.56. The molecule has 0 aliphatic rings. The number of carbonyl (C=O) groups is 1. The van der Waals surface area contributed by atoms with Crippen molar-refractivity contribution in [3.05, 3.63) is 53.7 Å². The second kappa shape index (κ2) is 7.31. The van der Waals surface area contributed by atoms with Gasteiger partial charge in [-0.1, -0.05) is 18.5 Å². The first-order valence-corrected chi connectivity index (χ1v) is 7.94. The van der Waals surface area contributed by atoms with E-state index in [1.165, 1.54) is 12.4 Å². The van der Waals surface area contributed by atoms with Crippen LogP contribution in [0, 0.1) is 0 Å². The van der Waals surface area contributed by atoms with E-state index in [4.69, 9.17) is 16.3 Å². The first-order chi connectivity index (χ1) is 11.7. The van der Waals surface area contributed by atoms with E-state index in [1.54, 1.807) is 24.4 Å². The van der Waals surface area contributed by atoms with Crippen LogP contribution in [0.15, 0.2) is 42.9 Å². The van der Waals surface area contributed by atoms with E-state index in [9.17, 15) is 4.79 Å². The van der Waals surface area contributed by atoms with Crippen molar-refractivity contribution in [2.24, 2.45) is 0 Å². The van der Waals surface area contributed by atoms with Crippen molar-refractivity contribution in [2.45, 2.75) is 25.9 Å². The summed E-state index contributed by atoms with van der Waals surface area (Å²) in [5, 5.41) is 9.07. The minimum absolute atomic E-state index is 0.0931. The van der Waals surface area contributed by atoms with Crippen LogP contribution < -0.4 is 4.74 Å². The van der Waals surface area contributed by atoms with Crippen molar-refractivity contribution in [3.63, 3.8) is 0 Å². The quantitative estimate of drug-likeness (QED) is 0.681. The Balaban J connectivity index is 2.00. The van der Waals surface area contributed by atoms with Gasteiger partial charge in [0.25, 0.3) is 0 Å². The van der Waals surface area contributed by atoms with E-state index in [0.29, 0.717) is 29.1 Å². The lowest BCUT2D eigenvalue weighted by Gasteiger charge is -2.17. The van der Waals surface area contributed by atoms with Crippen molar-refractivity contribution in [2.75, 3.05) is 0 Å². The molecule has 0 bridgehead atoms. The molecule has 1 aromatic carbocycles. The Hall–Kier alpha value is -2.60. The molecule has 2 heterocycles. The number of fused-ring (bicyclic) bond motifs is 1. The molecule has 0 aliphatic carbocycles. The number of hydrogen-bond acceptors (Lipinski definition) is 6. The first kappa shape index (κ1) is 16.3. The van der Waals surface area contributed by atoms with Gasteiger partial charge in [0.2, 0.25) is 6.10 Å². The van der Waals surface area contributed by atoms with Gasteiger partial charge in [0.05, 0.1) is 11.7 Å². The van der Waals surface area contributed by atoms with Crippen LogP contribution in [0.1, 0.15) is 31.7 Å². The van der Waals surface area contributed by atoms with Crippen LogP contribution in [0.25, 0.3) is 10.9 Å². The maximum absolute atomic E-state index is 12.5. The highest BCUT2D eigenvalue weighted by Crippen LogP contribution is 2.30. The van der Waals surface area contributed by atoms with Crippen LogP contribution >= 0.6 is 11.6 Å². The van der Waals surface area contributed by atoms with Gasteiger partial charge in [-0.15, -0.1) is 5.10 Å². The Bertz CT molecular complexity index is 858. The van der Waals surface area contributed by atoms with Gasteiger partial charge in [0, 0.05) is 29.2 Å². The highest BCUT2D eigenvalue weighted by atomic mass is 35.5. The lowest BCUT2D eigenvalue weighted by atomic mass is 10.1. The highest BCUT2D eigenvalue weighted by Gasteiger charge is 2.25. The Kier molecular flexibility index (Phi) is 4.96. The third-order valence-electron chi connectivity index (χ3n) is 3.43. The number of ether oxygens (including phenoxy) is 1. The summed E-state index contributed by atoms with van der Waals surface area (Å²) in [5.74, 6) is 0.679. The van der Waals surface area contributed by atoms with Gasteiger partial charge in [0.1, 0.15) is 5.75 Å². The monoisotopic (exact) mass is 342 g/mol. The fraction of sp³-hybridized carbons (Fsp3) is 0.235. The predicted octanol–water partition coefficient (Wildman–Crippen LogP) is 3.56. The molecule has 3 aromatic rings. The molecule has 1 atom stereocenters. The van der Waals surface area contributed by atoms with E-state index in [2.05, 4.69) is 20.2 Å². The summed E-state index contributed by atoms with van der Waals surface area (Å²) < 4.78 is 5.97. The lowest BCUT2D eigenvalue weighted by Crippen LogP contribution is -2.21. The van der Waals surface area contributed by atoms with Crippen LogP contribution in [-0.2, 0) is 4.79 Å². The molecule has 0 N–H and O–H groups in total. The zero-order valence-corrected chi connectivity index (χ0v) is 13.8. The molecule has 0 amide bonds. The number of carbonyl (C=O) groups excluding carboxylic acids is 1. The van der Waals surface area contributed by atoms with E-state index in [0.717, 1.165) is 5.39 Å². The van der Waals surface area contributed by atoms with Crippen molar-refractivity contribution in [1.82, 2.24) is 20.2 Å². The average molecular weight is 343 g/mol. The minimum atomic E-state index is -0.903. The summed E-state index contributed by atoms with van der Waals surface area (Å²) in [5.41, 5.74) is 0.689. The smallest absolute Gasteiger partial charge is 0.217 e. The normalized spacial score (nSPS) is 12.1. The van der Waals surface area contributed by atoms with Crippen LogP contribution in [0.4, 0.5) is 0 Å². The zero-order chi connectivity index (χ0) is 16.9. The van der Waals surface area contributed by atoms with Gasteiger partial charge in [-0.3, -0.25) is 9.78 Å². The molecule has 0 radical (unpaired) electrons. The number of hydrogen-bond donors (Lipinski definition) is 0. The second-order valence-electron chi connectivity index (χ2n) is 5.19. The third kappa shape index (κ3) is 3.49. The number of benzene rings is 1. The topological polar surface area (TPSA) is 77.9 Å². The Morgan fingerprint density at radius 3 is 2.83 bits per heavy atom. The predicted molar refractivity (Wildman–Crippen MR) is 89.9 cm³/mol. The van der Waals surface area contributed by atoms with E-state index < -0.39 is 6.10 Å². The number of Topliss-reactive ketones (excluding diaryl/α,β-unsaturated/α-hetero) is 1. The van der Waals surface area contributed by atoms with E-state index in [-0.39, 0.29) is 11.6 Å². The zero-order valence-electron chi connectivity index (χ0n) is 13.0. The van der Waals surface area contributed by atoms with Crippen LogP contribution in [0.3, 0.4) is 0 Å². The Morgan fingerprint density at radius 1 is 1.21 bits per heavy atom. The number of rotatable bonds is 6. The number of pyridine rings is 1. The minimum Gasteiger partial charge on any atom is -0.474 e. The molecule has 3 rings (SSSR count). The number of aromatic nitrogens is 4. The second-order valence-corrected chi connectivity index (χ2v) is 5.62. The van der Waals surface area contributed by atoms with Gasteiger partial charge in [-0.25, -0.2) is 4.98 Å². The van der Waals surface area contributed by atoms with Gasteiger partial charge in [0.15, 0.2) is 11.6 Å². The number of nitrogens with zero attached hydrogens (tertiary/aromatic N) is 4. The maximum Gasteiger partial charge on any atom is 0.217 e. The SMILES string of the molecule is CCCC(=O)C(Oc1ccnc2cc(Cl)ccc12)c1nccnn1. The molecule has 2 aromatic heterocycles. The molecule has 6 nitrogen and oxygen atoms in total. The summed E-state index contributed by atoms with van der Waals surface area (Å²) in [6, 6.07) is 7.01. The lowest BCUT2D eigenvalue weighted by molar-refractivity contribution is -0.126. The molecule has 122 valence electrons. The average Bonchev–Trinajstić information content (AvgIpc) is 2.60. The molecular formula is C17H15ClN4O2. The van der Waals surface area contributed by atoms with Gasteiger partial charge < -0.3 is 4.74 Å². The molecule has 0 aliphatic heterocycles. The summed E-state index contributed by atoms with van der Waals surface area (Å²) in [7, 11) is 0. The van der Waals surface area contributed by atoms with Crippen molar-refractivity contribution >= 4 is 28.3 Å². The van der Waals surface area contributed by atoms with Crippen LogP contribution in [0.2, 0.25) is 5.02 Å². The Morgan fingerprint density at radius 2 is 2.08 bits per heavy atom. The number of halogens is 1.